The molecule has 9 heteroatoms. The smallest absolute Gasteiger partial charge is 0.410 e. The number of carbonyl (C=O) groups is 1. The van der Waals surface area contributed by atoms with Crippen LogP contribution in [0.25, 0.3) is 11.3 Å². The van der Waals surface area contributed by atoms with E-state index in [0.717, 1.165) is 28.2 Å². The van der Waals surface area contributed by atoms with Crippen molar-refractivity contribution >= 4 is 23.5 Å². The summed E-state index contributed by atoms with van der Waals surface area (Å²) in [6, 6.07) is 14.6. The highest BCUT2D eigenvalue weighted by molar-refractivity contribution is 6.33. The van der Waals surface area contributed by atoms with Gasteiger partial charge in [0.1, 0.15) is 18.2 Å². The van der Waals surface area contributed by atoms with Crippen LogP contribution in [0.1, 0.15) is 30.8 Å². The van der Waals surface area contributed by atoms with Crippen LogP contribution in [0.4, 0.5) is 10.6 Å². The van der Waals surface area contributed by atoms with Crippen LogP contribution in [0, 0.1) is 0 Å². The van der Waals surface area contributed by atoms with Crippen LogP contribution >= 0.6 is 11.6 Å². The Bertz CT molecular complexity index is 1210. The summed E-state index contributed by atoms with van der Waals surface area (Å²) >= 11 is 6.53. The minimum atomic E-state index is -0.762. The SMILES string of the molecule is CCc1nc(-c2ccc(OC)cc2Cl)c(CC)nc1N[C@@H]1CN(C(=O)OCc2ccccc2)C[C@@H]1O. The van der Waals surface area contributed by atoms with E-state index in [1.807, 2.05) is 56.3 Å². The minimum Gasteiger partial charge on any atom is -0.497 e. The number of hydrogen-bond acceptors (Lipinski definition) is 7. The molecule has 0 saturated carbocycles. The maximum Gasteiger partial charge on any atom is 0.410 e. The lowest BCUT2D eigenvalue weighted by Crippen LogP contribution is -2.34. The molecule has 2 atom stereocenters. The van der Waals surface area contributed by atoms with Crippen molar-refractivity contribution in [2.45, 2.75) is 45.4 Å². The van der Waals surface area contributed by atoms with Gasteiger partial charge in [-0.3, -0.25) is 0 Å². The number of hydrogen-bond donors (Lipinski definition) is 2. The summed E-state index contributed by atoms with van der Waals surface area (Å²) in [5, 5.41) is 14.5. The van der Waals surface area contributed by atoms with Crippen LogP contribution in [0.5, 0.6) is 5.75 Å². The quantitative estimate of drug-likeness (QED) is 0.452. The molecule has 0 unspecified atom stereocenters. The first kappa shape index (κ1) is 25.7. The number of methoxy groups -OCH3 is 1. The monoisotopic (exact) mass is 510 g/mol. The first-order valence-electron chi connectivity index (χ1n) is 12.1. The number of amides is 1. The molecule has 1 aliphatic heterocycles. The van der Waals surface area contributed by atoms with Gasteiger partial charge in [0, 0.05) is 12.1 Å². The number of β-amino-alcohol motifs (C(OH)–C–C–N with tert-alkyl or cyclic N) is 1. The molecule has 4 rings (SSSR count). The van der Waals surface area contributed by atoms with Crippen molar-refractivity contribution < 1.29 is 19.4 Å². The minimum absolute atomic E-state index is 0.181. The summed E-state index contributed by atoms with van der Waals surface area (Å²) in [4.78, 5) is 23.8. The Kier molecular flexibility index (Phi) is 8.28. The number of ether oxygens (including phenoxy) is 2. The van der Waals surface area contributed by atoms with E-state index < -0.39 is 18.2 Å². The molecular formula is C27H31ClN4O4. The molecule has 1 aromatic heterocycles. The number of aliphatic hydroxyl groups is 1. The number of anilines is 1. The lowest BCUT2D eigenvalue weighted by molar-refractivity contribution is 0.0971. The summed E-state index contributed by atoms with van der Waals surface area (Å²) in [6.07, 6.45) is 0.0598. The zero-order chi connectivity index (χ0) is 25.7. The number of nitrogens with zero attached hydrogens (tertiary/aromatic N) is 3. The van der Waals surface area contributed by atoms with Gasteiger partial charge in [0.2, 0.25) is 0 Å². The van der Waals surface area contributed by atoms with Crippen molar-refractivity contribution in [1.29, 1.82) is 0 Å². The Morgan fingerprint density at radius 1 is 1.11 bits per heavy atom. The van der Waals surface area contributed by atoms with Crippen molar-refractivity contribution in [3.05, 3.63) is 70.5 Å². The van der Waals surface area contributed by atoms with Gasteiger partial charge >= 0.3 is 6.09 Å². The number of likely N-dealkylation sites (tertiary alicyclic amines) is 1. The highest BCUT2D eigenvalue weighted by Gasteiger charge is 2.35. The number of rotatable bonds is 8. The number of benzene rings is 2. The van der Waals surface area contributed by atoms with Gasteiger partial charge in [-0.25, -0.2) is 14.8 Å². The maximum absolute atomic E-state index is 12.6. The Labute approximate surface area is 216 Å². The van der Waals surface area contributed by atoms with Crippen LogP contribution in [0.2, 0.25) is 5.02 Å². The third kappa shape index (κ3) is 5.71. The van der Waals surface area contributed by atoms with Crippen LogP contribution in [0.3, 0.4) is 0 Å². The van der Waals surface area contributed by atoms with E-state index in [0.29, 0.717) is 36.0 Å². The number of halogens is 1. The highest BCUT2D eigenvalue weighted by atomic mass is 35.5. The summed E-state index contributed by atoms with van der Waals surface area (Å²) in [7, 11) is 1.60. The number of carbonyl (C=O) groups excluding carboxylic acids is 1. The molecule has 2 N–H and O–H groups in total. The molecule has 0 bridgehead atoms. The number of aryl methyl sites for hydroxylation is 2. The molecular weight excluding hydrogens is 480 g/mol. The van der Waals surface area contributed by atoms with Gasteiger partial charge in [0.05, 0.1) is 47.9 Å². The third-order valence-electron chi connectivity index (χ3n) is 6.22. The summed E-state index contributed by atoms with van der Waals surface area (Å²) in [6.45, 7) is 4.67. The molecule has 1 amide bonds. The number of aromatic nitrogens is 2. The Balaban J connectivity index is 1.50. The largest absolute Gasteiger partial charge is 0.497 e. The lowest BCUT2D eigenvalue weighted by Gasteiger charge is -2.20. The molecule has 0 radical (unpaired) electrons. The molecule has 1 aliphatic rings. The molecule has 0 spiro atoms. The van der Waals surface area contributed by atoms with E-state index in [-0.39, 0.29) is 13.2 Å². The zero-order valence-electron chi connectivity index (χ0n) is 20.7. The van der Waals surface area contributed by atoms with Crippen LogP contribution in [-0.4, -0.2) is 58.4 Å². The molecule has 2 aromatic carbocycles. The van der Waals surface area contributed by atoms with Gasteiger partial charge in [-0.1, -0.05) is 55.8 Å². The van der Waals surface area contributed by atoms with E-state index >= 15 is 0 Å². The lowest BCUT2D eigenvalue weighted by atomic mass is 10.1. The predicted octanol–water partition coefficient (Wildman–Crippen LogP) is 4.72. The van der Waals surface area contributed by atoms with E-state index in [1.54, 1.807) is 13.2 Å². The highest BCUT2D eigenvalue weighted by Crippen LogP contribution is 2.33. The maximum atomic E-state index is 12.6. The van der Waals surface area contributed by atoms with Crippen LogP contribution in [-0.2, 0) is 24.2 Å². The standard InChI is InChI=1S/C27H31ClN4O4/c1-4-21-25(19-12-11-18(35-3)13-20(19)28)29-22(5-2)26(30-21)31-23-14-32(15-24(23)33)27(34)36-16-17-9-7-6-8-10-17/h6-13,23-24,33H,4-5,14-16H2,1-3H3,(H,30,31)/t23-,24+/m1/s1. The first-order chi connectivity index (χ1) is 17.4. The fraction of sp³-hybridized carbons (Fsp3) is 0.370. The average molecular weight is 511 g/mol. The molecule has 8 nitrogen and oxygen atoms in total. The summed E-state index contributed by atoms with van der Waals surface area (Å²) in [5.74, 6) is 1.28. The Morgan fingerprint density at radius 3 is 2.53 bits per heavy atom. The van der Waals surface area contributed by atoms with Crippen molar-refractivity contribution in [3.8, 4) is 17.0 Å². The van der Waals surface area contributed by atoms with Crippen LogP contribution in [0.15, 0.2) is 48.5 Å². The molecule has 3 aromatic rings. The number of aliphatic hydroxyl groups excluding tert-OH is 1. The van der Waals surface area contributed by atoms with E-state index in [1.165, 1.54) is 4.90 Å². The van der Waals surface area contributed by atoms with Gasteiger partial charge in [-0.2, -0.15) is 0 Å². The molecule has 1 saturated heterocycles. The van der Waals surface area contributed by atoms with Gasteiger partial charge in [0.25, 0.3) is 0 Å². The van der Waals surface area contributed by atoms with E-state index in [4.69, 9.17) is 31.0 Å². The second-order valence-corrected chi connectivity index (χ2v) is 9.04. The molecule has 36 heavy (non-hydrogen) atoms. The Hall–Kier alpha value is -3.36. The summed E-state index contributed by atoms with van der Waals surface area (Å²) in [5.41, 5.74) is 3.97. The summed E-state index contributed by atoms with van der Waals surface area (Å²) < 4.78 is 10.7. The topological polar surface area (TPSA) is 96.8 Å². The average Bonchev–Trinajstić information content (AvgIpc) is 3.27. The van der Waals surface area contributed by atoms with Crippen LogP contribution < -0.4 is 10.1 Å². The van der Waals surface area contributed by atoms with Crippen molar-refractivity contribution in [3.63, 3.8) is 0 Å². The fourth-order valence-corrected chi connectivity index (χ4v) is 4.47. The van der Waals surface area contributed by atoms with Gasteiger partial charge in [-0.05, 0) is 36.6 Å². The normalized spacial score (nSPS) is 17.2. The first-order valence-corrected chi connectivity index (χ1v) is 12.4. The molecule has 190 valence electrons. The van der Waals surface area contributed by atoms with Crippen molar-refractivity contribution in [2.75, 3.05) is 25.5 Å². The van der Waals surface area contributed by atoms with Crippen molar-refractivity contribution in [2.24, 2.45) is 0 Å². The van der Waals surface area contributed by atoms with Crippen molar-refractivity contribution in [1.82, 2.24) is 14.9 Å². The van der Waals surface area contributed by atoms with Gasteiger partial charge in [-0.15, -0.1) is 0 Å². The van der Waals surface area contributed by atoms with E-state index in [2.05, 4.69) is 5.32 Å². The Morgan fingerprint density at radius 2 is 1.86 bits per heavy atom. The molecule has 0 aliphatic carbocycles. The fourth-order valence-electron chi connectivity index (χ4n) is 4.21. The van der Waals surface area contributed by atoms with E-state index in [9.17, 15) is 9.90 Å². The third-order valence-corrected chi connectivity index (χ3v) is 6.53. The van der Waals surface area contributed by atoms with Gasteiger partial charge < -0.3 is 24.8 Å². The second kappa shape index (κ2) is 11.6. The second-order valence-electron chi connectivity index (χ2n) is 8.63. The number of nitrogens with one attached hydrogen (secondary N) is 1. The molecule has 2 heterocycles. The zero-order valence-corrected chi connectivity index (χ0v) is 21.5. The predicted molar refractivity (Wildman–Crippen MR) is 139 cm³/mol. The molecule has 1 fully saturated rings. The van der Waals surface area contributed by atoms with Gasteiger partial charge in [0.15, 0.2) is 0 Å².